The van der Waals surface area contributed by atoms with Gasteiger partial charge in [-0.3, -0.25) is 4.79 Å². The van der Waals surface area contributed by atoms with E-state index in [1.54, 1.807) is 18.2 Å². The van der Waals surface area contributed by atoms with E-state index in [2.05, 4.69) is 21.2 Å². The van der Waals surface area contributed by atoms with E-state index in [9.17, 15) is 9.90 Å². The fourth-order valence-corrected chi connectivity index (χ4v) is 2.70. The van der Waals surface area contributed by atoms with Crippen LogP contribution in [0.1, 0.15) is 36.0 Å². The number of amides is 1. The minimum Gasteiger partial charge on any atom is -0.398 e. The maximum absolute atomic E-state index is 12.1. The molecule has 0 radical (unpaired) electrons. The Morgan fingerprint density at radius 1 is 1.39 bits per heavy atom. The zero-order valence-electron chi connectivity index (χ0n) is 10.0. The van der Waals surface area contributed by atoms with Gasteiger partial charge in [0.25, 0.3) is 5.91 Å². The van der Waals surface area contributed by atoms with Crippen LogP contribution in [0.3, 0.4) is 0 Å². The first-order valence-corrected chi connectivity index (χ1v) is 6.92. The number of hydrogen-bond acceptors (Lipinski definition) is 3. The van der Waals surface area contributed by atoms with Crippen LogP contribution >= 0.6 is 15.9 Å². The summed E-state index contributed by atoms with van der Waals surface area (Å²) in [6.45, 7) is 0. The van der Waals surface area contributed by atoms with Crippen molar-refractivity contribution in [1.29, 1.82) is 0 Å². The molecule has 1 aromatic rings. The molecule has 1 aliphatic rings. The lowest BCUT2D eigenvalue weighted by atomic mass is 9.92. The average Bonchev–Trinajstić information content (AvgIpc) is 2.35. The van der Waals surface area contributed by atoms with Gasteiger partial charge >= 0.3 is 0 Å². The molecule has 0 aliphatic heterocycles. The molecule has 1 fully saturated rings. The normalized spacial score (nSPS) is 23.7. The lowest BCUT2D eigenvalue weighted by molar-refractivity contribution is 0.0717. The molecule has 4 nitrogen and oxygen atoms in total. The molecule has 2 rings (SSSR count). The van der Waals surface area contributed by atoms with E-state index in [0.29, 0.717) is 15.7 Å². The highest BCUT2D eigenvalue weighted by Crippen LogP contribution is 2.24. The minimum absolute atomic E-state index is 0.153. The second kappa shape index (κ2) is 5.71. The summed E-state index contributed by atoms with van der Waals surface area (Å²) >= 11 is 3.31. The quantitative estimate of drug-likeness (QED) is 0.732. The van der Waals surface area contributed by atoms with Crippen LogP contribution in [0.4, 0.5) is 5.69 Å². The Labute approximate surface area is 115 Å². The minimum atomic E-state index is -0.442. The SMILES string of the molecule is Nc1cccc(C(=O)NC2CCCCC2O)c1Br. The Kier molecular flexibility index (Phi) is 4.24. The van der Waals surface area contributed by atoms with Gasteiger partial charge in [-0.25, -0.2) is 0 Å². The van der Waals surface area contributed by atoms with Gasteiger partial charge in [0, 0.05) is 5.69 Å². The van der Waals surface area contributed by atoms with Crippen molar-refractivity contribution in [3.8, 4) is 0 Å². The average molecular weight is 313 g/mol. The predicted molar refractivity (Wildman–Crippen MR) is 74.3 cm³/mol. The van der Waals surface area contributed by atoms with E-state index >= 15 is 0 Å². The Morgan fingerprint density at radius 2 is 2.11 bits per heavy atom. The van der Waals surface area contributed by atoms with Crippen LogP contribution < -0.4 is 11.1 Å². The summed E-state index contributed by atoms with van der Waals surface area (Å²) in [5, 5.41) is 12.7. The van der Waals surface area contributed by atoms with Crippen molar-refractivity contribution in [2.24, 2.45) is 0 Å². The zero-order chi connectivity index (χ0) is 13.1. The van der Waals surface area contributed by atoms with Gasteiger partial charge in [0.15, 0.2) is 0 Å². The van der Waals surface area contributed by atoms with Gasteiger partial charge in [-0.1, -0.05) is 18.9 Å². The molecule has 0 aromatic heterocycles. The van der Waals surface area contributed by atoms with Gasteiger partial charge < -0.3 is 16.2 Å². The number of aliphatic hydroxyl groups excluding tert-OH is 1. The number of aliphatic hydroxyl groups is 1. The zero-order valence-corrected chi connectivity index (χ0v) is 11.6. The molecule has 0 bridgehead atoms. The van der Waals surface area contributed by atoms with E-state index in [1.807, 2.05) is 0 Å². The summed E-state index contributed by atoms with van der Waals surface area (Å²) < 4.78 is 0.604. The van der Waals surface area contributed by atoms with Crippen molar-refractivity contribution in [3.05, 3.63) is 28.2 Å². The van der Waals surface area contributed by atoms with Gasteiger partial charge in [-0.05, 0) is 40.9 Å². The number of halogens is 1. The van der Waals surface area contributed by atoms with E-state index in [-0.39, 0.29) is 11.9 Å². The lowest BCUT2D eigenvalue weighted by Crippen LogP contribution is -2.45. The molecule has 4 N–H and O–H groups in total. The fourth-order valence-electron chi connectivity index (χ4n) is 2.25. The highest BCUT2D eigenvalue weighted by Gasteiger charge is 2.25. The van der Waals surface area contributed by atoms with E-state index in [0.717, 1.165) is 25.7 Å². The summed E-state index contributed by atoms with van der Waals surface area (Å²) in [6, 6.07) is 5.03. The third kappa shape index (κ3) is 2.84. The molecule has 18 heavy (non-hydrogen) atoms. The lowest BCUT2D eigenvalue weighted by Gasteiger charge is -2.28. The molecule has 0 heterocycles. The number of rotatable bonds is 2. The smallest absolute Gasteiger partial charge is 0.252 e. The number of nitrogens with two attached hydrogens (primary N) is 1. The highest BCUT2D eigenvalue weighted by atomic mass is 79.9. The van der Waals surface area contributed by atoms with Crippen molar-refractivity contribution in [2.75, 3.05) is 5.73 Å². The van der Waals surface area contributed by atoms with Crippen LogP contribution in [0.5, 0.6) is 0 Å². The molecule has 1 saturated carbocycles. The van der Waals surface area contributed by atoms with Crippen molar-refractivity contribution < 1.29 is 9.90 Å². The van der Waals surface area contributed by atoms with Gasteiger partial charge in [0.1, 0.15) is 0 Å². The number of hydrogen-bond donors (Lipinski definition) is 3. The maximum atomic E-state index is 12.1. The van der Waals surface area contributed by atoms with Crippen molar-refractivity contribution >= 4 is 27.5 Å². The van der Waals surface area contributed by atoms with Crippen molar-refractivity contribution in [2.45, 2.75) is 37.8 Å². The number of carbonyl (C=O) groups is 1. The van der Waals surface area contributed by atoms with Gasteiger partial charge in [0.2, 0.25) is 0 Å². The highest BCUT2D eigenvalue weighted by molar-refractivity contribution is 9.10. The molecule has 98 valence electrons. The number of carbonyl (C=O) groups excluding carboxylic acids is 1. The number of nitrogen functional groups attached to an aromatic ring is 1. The summed E-state index contributed by atoms with van der Waals surface area (Å²) in [7, 11) is 0. The summed E-state index contributed by atoms with van der Waals surface area (Å²) in [5.41, 5.74) is 6.78. The molecule has 1 amide bonds. The Balaban J connectivity index is 2.09. The van der Waals surface area contributed by atoms with Gasteiger partial charge in [-0.2, -0.15) is 0 Å². The second-order valence-electron chi connectivity index (χ2n) is 4.64. The van der Waals surface area contributed by atoms with Crippen molar-refractivity contribution in [3.63, 3.8) is 0 Å². The summed E-state index contributed by atoms with van der Waals surface area (Å²) in [4.78, 5) is 12.1. The van der Waals surface area contributed by atoms with Crippen LogP contribution in [-0.4, -0.2) is 23.2 Å². The van der Waals surface area contributed by atoms with Crippen LogP contribution in [0.25, 0.3) is 0 Å². The first kappa shape index (κ1) is 13.4. The van der Waals surface area contributed by atoms with Gasteiger partial charge in [-0.15, -0.1) is 0 Å². The first-order valence-electron chi connectivity index (χ1n) is 6.12. The predicted octanol–water partition coefficient (Wildman–Crippen LogP) is 2.06. The number of anilines is 1. The second-order valence-corrected chi connectivity index (χ2v) is 5.43. The molecule has 1 aliphatic carbocycles. The van der Waals surface area contributed by atoms with Crippen LogP contribution in [0, 0.1) is 0 Å². The standard InChI is InChI=1S/C13H17BrN2O2/c14-12-8(4-3-5-9(12)15)13(18)16-10-6-1-2-7-11(10)17/h3-5,10-11,17H,1-2,6-7,15H2,(H,16,18). The Morgan fingerprint density at radius 3 is 2.83 bits per heavy atom. The van der Waals surface area contributed by atoms with E-state index in [4.69, 9.17) is 5.73 Å². The van der Waals surface area contributed by atoms with Crippen LogP contribution in [0.15, 0.2) is 22.7 Å². The molecular formula is C13H17BrN2O2. The Hall–Kier alpha value is -1.07. The molecule has 1 aromatic carbocycles. The topological polar surface area (TPSA) is 75.4 Å². The monoisotopic (exact) mass is 312 g/mol. The molecule has 5 heteroatoms. The van der Waals surface area contributed by atoms with Crippen LogP contribution in [-0.2, 0) is 0 Å². The maximum Gasteiger partial charge on any atom is 0.252 e. The largest absolute Gasteiger partial charge is 0.398 e. The van der Waals surface area contributed by atoms with E-state index < -0.39 is 6.10 Å². The van der Waals surface area contributed by atoms with Crippen LogP contribution in [0.2, 0.25) is 0 Å². The van der Waals surface area contributed by atoms with E-state index in [1.165, 1.54) is 0 Å². The molecule has 0 spiro atoms. The third-order valence-corrected chi connectivity index (χ3v) is 4.20. The first-order chi connectivity index (χ1) is 8.59. The molecular weight excluding hydrogens is 296 g/mol. The fraction of sp³-hybridized carbons (Fsp3) is 0.462. The summed E-state index contributed by atoms with van der Waals surface area (Å²) in [6.07, 6.45) is 3.20. The van der Waals surface area contributed by atoms with Gasteiger partial charge in [0.05, 0.1) is 22.2 Å². The van der Waals surface area contributed by atoms with Crippen molar-refractivity contribution in [1.82, 2.24) is 5.32 Å². The molecule has 2 atom stereocenters. The number of nitrogens with one attached hydrogen (secondary N) is 1. The molecule has 2 unspecified atom stereocenters. The summed E-state index contributed by atoms with van der Waals surface area (Å²) in [5.74, 6) is -0.194. The Bertz CT molecular complexity index is 451. The third-order valence-electron chi connectivity index (χ3n) is 3.32. The number of benzene rings is 1. The molecule has 0 saturated heterocycles.